The normalized spacial score (nSPS) is 32.8. The van der Waals surface area contributed by atoms with Crippen LogP contribution in [0.3, 0.4) is 0 Å². The van der Waals surface area contributed by atoms with Gasteiger partial charge in [0, 0.05) is 12.1 Å². The summed E-state index contributed by atoms with van der Waals surface area (Å²) in [5.74, 6) is 0. The SMILES string of the molecule is C=CC(C)NC1CCC(O)CC1. The second-order valence-electron chi connectivity index (χ2n) is 3.70. The highest BCUT2D eigenvalue weighted by atomic mass is 16.3. The number of hydrogen-bond acceptors (Lipinski definition) is 2. The predicted octanol–water partition coefficient (Wildman–Crippen LogP) is 1.45. The van der Waals surface area contributed by atoms with Gasteiger partial charge in [-0.25, -0.2) is 0 Å². The van der Waals surface area contributed by atoms with Gasteiger partial charge in [-0.2, -0.15) is 0 Å². The lowest BCUT2D eigenvalue weighted by Gasteiger charge is -2.28. The molecule has 1 aliphatic carbocycles. The van der Waals surface area contributed by atoms with E-state index in [9.17, 15) is 5.11 Å². The van der Waals surface area contributed by atoms with Crippen LogP contribution in [-0.2, 0) is 0 Å². The third-order valence-corrected chi connectivity index (χ3v) is 2.55. The monoisotopic (exact) mass is 169 g/mol. The molecule has 1 saturated carbocycles. The van der Waals surface area contributed by atoms with Crippen LogP contribution >= 0.6 is 0 Å². The summed E-state index contributed by atoms with van der Waals surface area (Å²) in [5.41, 5.74) is 0. The fourth-order valence-electron chi connectivity index (χ4n) is 1.68. The van der Waals surface area contributed by atoms with Crippen molar-refractivity contribution in [3.05, 3.63) is 12.7 Å². The van der Waals surface area contributed by atoms with E-state index >= 15 is 0 Å². The van der Waals surface area contributed by atoms with E-state index in [4.69, 9.17) is 0 Å². The van der Waals surface area contributed by atoms with Crippen molar-refractivity contribution in [1.29, 1.82) is 0 Å². The minimum atomic E-state index is -0.0536. The highest BCUT2D eigenvalue weighted by Gasteiger charge is 2.19. The Morgan fingerprint density at radius 3 is 2.50 bits per heavy atom. The summed E-state index contributed by atoms with van der Waals surface area (Å²) in [6, 6.07) is 0.978. The van der Waals surface area contributed by atoms with E-state index in [1.54, 1.807) is 0 Å². The Bertz CT molecular complexity index is 139. The number of nitrogens with one attached hydrogen (secondary N) is 1. The molecule has 1 aliphatic rings. The standard InChI is InChI=1S/C10H19NO/c1-3-8(2)11-9-4-6-10(12)7-5-9/h3,8-12H,1,4-7H2,2H3. The van der Waals surface area contributed by atoms with Crippen LogP contribution in [0.25, 0.3) is 0 Å². The van der Waals surface area contributed by atoms with Gasteiger partial charge in [0.25, 0.3) is 0 Å². The van der Waals surface area contributed by atoms with E-state index in [2.05, 4.69) is 18.8 Å². The van der Waals surface area contributed by atoms with Crippen molar-refractivity contribution in [2.75, 3.05) is 0 Å². The Morgan fingerprint density at radius 1 is 1.42 bits per heavy atom. The maximum Gasteiger partial charge on any atom is 0.0541 e. The summed E-state index contributed by atoms with van der Waals surface area (Å²) in [6.45, 7) is 5.84. The van der Waals surface area contributed by atoms with Crippen molar-refractivity contribution in [2.45, 2.75) is 50.8 Å². The first kappa shape index (κ1) is 9.75. The zero-order valence-corrected chi connectivity index (χ0v) is 7.79. The van der Waals surface area contributed by atoms with Gasteiger partial charge < -0.3 is 10.4 Å². The van der Waals surface area contributed by atoms with Crippen LogP contribution in [0.5, 0.6) is 0 Å². The second kappa shape index (κ2) is 4.63. The molecule has 0 aromatic carbocycles. The van der Waals surface area contributed by atoms with Gasteiger partial charge in [-0.3, -0.25) is 0 Å². The summed E-state index contributed by atoms with van der Waals surface area (Å²) in [4.78, 5) is 0. The van der Waals surface area contributed by atoms with Gasteiger partial charge in [-0.1, -0.05) is 6.08 Å². The number of aliphatic hydroxyl groups is 1. The largest absolute Gasteiger partial charge is 0.393 e. The van der Waals surface area contributed by atoms with Crippen molar-refractivity contribution in [2.24, 2.45) is 0 Å². The number of hydrogen-bond donors (Lipinski definition) is 2. The molecule has 70 valence electrons. The average molecular weight is 169 g/mol. The molecule has 2 N–H and O–H groups in total. The van der Waals surface area contributed by atoms with Crippen molar-refractivity contribution in [1.82, 2.24) is 5.32 Å². The molecule has 0 radical (unpaired) electrons. The van der Waals surface area contributed by atoms with Gasteiger partial charge in [0.05, 0.1) is 6.10 Å². The molecule has 1 fully saturated rings. The Kier molecular flexibility index (Phi) is 3.76. The zero-order chi connectivity index (χ0) is 8.97. The lowest BCUT2D eigenvalue weighted by Crippen LogP contribution is -2.38. The van der Waals surface area contributed by atoms with Crippen LogP contribution in [-0.4, -0.2) is 23.3 Å². The Balaban J connectivity index is 2.21. The molecule has 0 amide bonds. The molecule has 0 bridgehead atoms. The molecule has 1 unspecified atom stereocenters. The summed E-state index contributed by atoms with van der Waals surface area (Å²) < 4.78 is 0. The summed E-state index contributed by atoms with van der Waals surface area (Å²) in [5, 5.41) is 12.7. The van der Waals surface area contributed by atoms with E-state index < -0.39 is 0 Å². The Labute approximate surface area is 74.7 Å². The summed E-state index contributed by atoms with van der Waals surface area (Å²) in [7, 11) is 0. The maximum absolute atomic E-state index is 9.27. The van der Waals surface area contributed by atoms with Gasteiger partial charge >= 0.3 is 0 Å². The van der Waals surface area contributed by atoms with Crippen LogP contribution in [0.2, 0.25) is 0 Å². The first-order chi connectivity index (χ1) is 5.72. The number of rotatable bonds is 3. The van der Waals surface area contributed by atoms with Gasteiger partial charge in [0.2, 0.25) is 0 Å². The third-order valence-electron chi connectivity index (χ3n) is 2.55. The molecule has 0 aromatic heterocycles. The molecular formula is C10H19NO. The van der Waals surface area contributed by atoms with E-state index in [1.807, 2.05) is 6.08 Å². The lowest BCUT2D eigenvalue weighted by molar-refractivity contribution is 0.116. The van der Waals surface area contributed by atoms with Crippen LogP contribution in [0.4, 0.5) is 0 Å². The van der Waals surface area contributed by atoms with E-state index in [1.165, 1.54) is 0 Å². The molecule has 1 rings (SSSR count). The van der Waals surface area contributed by atoms with Gasteiger partial charge in [-0.05, 0) is 32.6 Å². The molecule has 2 heteroatoms. The van der Waals surface area contributed by atoms with Crippen molar-refractivity contribution in [3.8, 4) is 0 Å². The molecule has 2 nitrogen and oxygen atoms in total. The van der Waals surface area contributed by atoms with E-state index in [0.717, 1.165) is 25.7 Å². The third kappa shape index (κ3) is 2.95. The quantitative estimate of drug-likeness (QED) is 0.627. The van der Waals surface area contributed by atoms with Crippen LogP contribution in [0.1, 0.15) is 32.6 Å². The predicted molar refractivity (Wildman–Crippen MR) is 51.1 cm³/mol. The smallest absolute Gasteiger partial charge is 0.0541 e. The summed E-state index contributed by atoms with van der Waals surface area (Å²) in [6.07, 6.45) is 5.95. The average Bonchev–Trinajstić information content (AvgIpc) is 2.09. The van der Waals surface area contributed by atoms with Gasteiger partial charge in [-0.15, -0.1) is 6.58 Å². The van der Waals surface area contributed by atoms with Gasteiger partial charge in [0.15, 0.2) is 0 Å². The molecule has 0 heterocycles. The van der Waals surface area contributed by atoms with Crippen LogP contribution in [0.15, 0.2) is 12.7 Å². The molecule has 1 atom stereocenters. The lowest BCUT2D eigenvalue weighted by atomic mass is 9.93. The Morgan fingerprint density at radius 2 is 2.00 bits per heavy atom. The van der Waals surface area contributed by atoms with E-state index in [-0.39, 0.29) is 6.10 Å². The molecule has 0 aliphatic heterocycles. The van der Waals surface area contributed by atoms with Crippen molar-refractivity contribution < 1.29 is 5.11 Å². The first-order valence-electron chi connectivity index (χ1n) is 4.79. The Hall–Kier alpha value is -0.340. The first-order valence-corrected chi connectivity index (χ1v) is 4.79. The fourth-order valence-corrected chi connectivity index (χ4v) is 1.68. The van der Waals surface area contributed by atoms with E-state index in [0.29, 0.717) is 12.1 Å². The van der Waals surface area contributed by atoms with Crippen molar-refractivity contribution >= 4 is 0 Å². The fraction of sp³-hybridized carbons (Fsp3) is 0.800. The highest BCUT2D eigenvalue weighted by Crippen LogP contribution is 2.18. The molecule has 0 spiro atoms. The zero-order valence-electron chi connectivity index (χ0n) is 7.79. The second-order valence-corrected chi connectivity index (χ2v) is 3.70. The van der Waals surface area contributed by atoms with Crippen molar-refractivity contribution in [3.63, 3.8) is 0 Å². The molecular weight excluding hydrogens is 150 g/mol. The van der Waals surface area contributed by atoms with Gasteiger partial charge in [0.1, 0.15) is 0 Å². The topological polar surface area (TPSA) is 32.3 Å². The number of aliphatic hydroxyl groups excluding tert-OH is 1. The maximum atomic E-state index is 9.27. The minimum Gasteiger partial charge on any atom is -0.393 e. The molecule has 0 saturated heterocycles. The highest BCUT2D eigenvalue weighted by molar-refractivity contribution is 4.86. The van der Waals surface area contributed by atoms with Crippen LogP contribution < -0.4 is 5.32 Å². The van der Waals surface area contributed by atoms with Crippen LogP contribution in [0, 0.1) is 0 Å². The molecule has 12 heavy (non-hydrogen) atoms. The summed E-state index contributed by atoms with van der Waals surface area (Å²) >= 11 is 0. The minimum absolute atomic E-state index is 0.0536. The molecule has 0 aromatic rings.